The van der Waals surface area contributed by atoms with Crippen LogP contribution in [0, 0.1) is 23.7 Å². The Morgan fingerprint density at radius 1 is 0.489 bits per heavy atom. The van der Waals surface area contributed by atoms with Gasteiger partial charge in [0.15, 0.2) is 0 Å². The summed E-state index contributed by atoms with van der Waals surface area (Å²) in [5, 5.41) is 5.47. The molecule has 13 rings (SSSR count). The summed E-state index contributed by atoms with van der Waals surface area (Å²) in [6.07, 6.45) is 5.76. The lowest BCUT2D eigenvalue weighted by Crippen LogP contribution is -2.40. The normalized spacial score (nSPS) is 25.2. The number of fused-ring (bicyclic) bond motifs is 9. The maximum atomic E-state index is 2.53. The number of thiophene rings is 2. The Morgan fingerprint density at radius 3 is 2.11 bits per heavy atom. The highest BCUT2D eigenvalue weighted by Gasteiger charge is 2.66. The van der Waals surface area contributed by atoms with Crippen LogP contribution in [0.1, 0.15) is 36.8 Å². The first-order chi connectivity index (χ1) is 23.3. The molecule has 0 amide bonds. The standard InChI is InChI=1S/C45H32S2/c1-3-15-37-36(9-1)42-32(11-7-16-38(42)45(37)28-21-25-20-27(23-28)39(45)22-25)33-12-6-14-35-34-13-5-10-29(43(34)47-44(33)35)26-18-19-31-30-8-2-4-17-40(30)46-41(31)24-26/h1-19,24-25,27-28,39H,20-23H2. The molecule has 6 aromatic carbocycles. The second-order valence-corrected chi connectivity index (χ2v) is 16.9. The fourth-order valence-electron chi connectivity index (χ4n) is 11.4. The molecule has 4 saturated carbocycles. The van der Waals surface area contributed by atoms with E-state index in [1.807, 2.05) is 22.7 Å². The predicted molar refractivity (Wildman–Crippen MR) is 202 cm³/mol. The summed E-state index contributed by atoms with van der Waals surface area (Å²) in [5.41, 5.74) is 12.0. The topological polar surface area (TPSA) is 0 Å². The predicted octanol–water partition coefficient (Wildman–Crippen LogP) is 13.1. The molecule has 0 nitrogen and oxygen atoms in total. The van der Waals surface area contributed by atoms with Crippen LogP contribution in [-0.4, -0.2) is 0 Å². The maximum absolute atomic E-state index is 2.53. The molecule has 1 spiro atoms. The fourth-order valence-corrected chi connectivity index (χ4v) is 13.9. The van der Waals surface area contributed by atoms with Gasteiger partial charge in [-0.3, -0.25) is 0 Å². The van der Waals surface area contributed by atoms with E-state index in [1.165, 1.54) is 99.4 Å². The van der Waals surface area contributed by atoms with Gasteiger partial charge < -0.3 is 0 Å². The molecule has 0 saturated heterocycles. The Hall–Kier alpha value is -4.24. The van der Waals surface area contributed by atoms with Crippen molar-refractivity contribution in [2.75, 3.05) is 0 Å². The first kappa shape index (κ1) is 25.8. The van der Waals surface area contributed by atoms with Gasteiger partial charge in [0.25, 0.3) is 0 Å². The lowest BCUT2D eigenvalue weighted by Gasteiger charge is -2.43. The van der Waals surface area contributed by atoms with Crippen LogP contribution in [-0.2, 0) is 5.41 Å². The van der Waals surface area contributed by atoms with E-state index >= 15 is 0 Å². The Labute approximate surface area is 282 Å². The van der Waals surface area contributed by atoms with Crippen molar-refractivity contribution in [2.45, 2.75) is 31.1 Å². The third-order valence-electron chi connectivity index (χ3n) is 12.9. The van der Waals surface area contributed by atoms with E-state index in [2.05, 4.69) is 121 Å². The van der Waals surface area contributed by atoms with E-state index in [4.69, 9.17) is 0 Å². The first-order valence-corrected chi connectivity index (χ1v) is 19.0. The molecular formula is C45H32S2. The van der Waals surface area contributed by atoms with Crippen molar-refractivity contribution in [1.82, 2.24) is 0 Å². The van der Waals surface area contributed by atoms with Crippen LogP contribution >= 0.6 is 22.7 Å². The number of benzene rings is 6. The molecule has 2 heterocycles. The smallest absolute Gasteiger partial charge is 0.0434 e. The molecule has 4 bridgehead atoms. The quantitative estimate of drug-likeness (QED) is 0.177. The van der Waals surface area contributed by atoms with E-state index in [0.29, 0.717) is 0 Å². The van der Waals surface area contributed by atoms with Gasteiger partial charge in [-0.2, -0.15) is 0 Å². The third-order valence-corrected chi connectivity index (χ3v) is 15.3. The van der Waals surface area contributed by atoms with Crippen LogP contribution in [0.2, 0.25) is 0 Å². The molecular weight excluding hydrogens is 605 g/mol. The molecule has 5 unspecified atom stereocenters. The summed E-state index contributed by atoms with van der Waals surface area (Å²) in [6.45, 7) is 0. The van der Waals surface area contributed by atoms with Crippen LogP contribution in [0.25, 0.3) is 73.7 Å². The molecule has 224 valence electrons. The lowest BCUT2D eigenvalue weighted by atomic mass is 9.59. The van der Waals surface area contributed by atoms with Gasteiger partial charge in [-0.05, 0) is 100 Å². The molecule has 2 heteroatoms. The molecule has 0 N–H and O–H groups in total. The second-order valence-electron chi connectivity index (χ2n) is 14.8. The molecule has 47 heavy (non-hydrogen) atoms. The summed E-state index contributed by atoms with van der Waals surface area (Å²) < 4.78 is 5.54. The average Bonchev–Trinajstić information content (AvgIpc) is 3.88. The minimum atomic E-state index is 0.214. The Bertz CT molecular complexity index is 2630. The van der Waals surface area contributed by atoms with Gasteiger partial charge in [0, 0.05) is 51.3 Å². The van der Waals surface area contributed by atoms with E-state index in [9.17, 15) is 0 Å². The van der Waals surface area contributed by atoms with Gasteiger partial charge in [0.05, 0.1) is 0 Å². The van der Waals surface area contributed by atoms with Crippen molar-refractivity contribution in [1.29, 1.82) is 0 Å². The molecule has 5 aliphatic carbocycles. The Morgan fingerprint density at radius 2 is 1.19 bits per heavy atom. The SMILES string of the molecule is c1ccc2c(c1)-c1c(-c3cccc4c3sc3c(-c5ccc6c(c5)sc5ccccc56)cccc34)cccc1C21C2CC3CC(C2)C1C3. The van der Waals surface area contributed by atoms with Crippen LogP contribution in [0.4, 0.5) is 0 Å². The largest absolute Gasteiger partial charge is 0.135 e. The lowest BCUT2D eigenvalue weighted by molar-refractivity contribution is 0.191. The summed E-state index contributed by atoms with van der Waals surface area (Å²) in [6, 6.07) is 46.8. The van der Waals surface area contributed by atoms with Crippen molar-refractivity contribution >= 4 is 63.0 Å². The van der Waals surface area contributed by atoms with E-state index in [0.717, 1.165) is 23.7 Å². The average molecular weight is 637 g/mol. The van der Waals surface area contributed by atoms with Crippen molar-refractivity contribution < 1.29 is 0 Å². The van der Waals surface area contributed by atoms with Gasteiger partial charge in [0.2, 0.25) is 0 Å². The van der Waals surface area contributed by atoms with Gasteiger partial charge in [-0.25, -0.2) is 0 Å². The first-order valence-electron chi connectivity index (χ1n) is 17.4. The molecule has 5 atom stereocenters. The molecule has 0 aliphatic heterocycles. The van der Waals surface area contributed by atoms with Crippen molar-refractivity contribution in [2.24, 2.45) is 23.7 Å². The molecule has 0 radical (unpaired) electrons. The summed E-state index contributed by atoms with van der Waals surface area (Å²) in [7, 11) is 0. The zero-order valence-corrected chi connectivity index (χ0v) is 27.6. The monoisotopic (exact) mass is 636 g/mol. The van der Waals surface area contributed by atoms with Crippen LogP contribution < -0.4 is 0 Å². The van der Waals surface area contributed by atoms with Gasteiger partial charge in [-0.1, -0.05) is 109 Å². The van der Waals surface area contributed by atoms with Gasteiger partial charge in [-0.15, -0.1) is 22.7 Å². The van der Waals surface area contributed by atoms with Crippen molar-refractivity contribution in [3.8, 4) is 33.4 Å². The van der Waals surface area contributed by atoms with Crippen molar-refractivity contribution in [3.05, 3.63) is 132 Å². The second kappa shape index (κ2) is 9.01. The van der Waals surface area contributed by atoms with Gasteiger partial charge >= 0.3 is 0 Å². The van der Waals surface area contributed by atoms with Crippen LogP contribution in [0.3, 0.4) is 0 Å². The highest BCUT2D eigenvalue weighted by molar-refractivity contribution is 7.27. The molecule has 2 aromatic heterocycles. The minimum Gasteiger partial charge on any atom is -0.135 e. The van der Waals surface area contributed by atoms with E-state index < -0.39 is 0 Å². The van der Waals surface area contributed by atoms with Crippen LogP contribution in [0.15, 0.2) is 121 Å². The van der Waals surface area contributed by atoms with E-state index in [1.54, 1.807) is 11.1 Å². The number of hydrogen-bond acceptors (Lipinski definition) is 2. The minimum absolute atomic E-state index is 0.214. The zero-order chi connectivity index (χ0) is 30.4. The van der Waals surface area contributed by atoms with Crippen LogP contribution in [0.5, 0.6) is 0 Å². The van der Waals surface area contributed by atoms with Crippen molar-refractivity contribution in [3.63, 3.8) is 0 Å². The Kier molecular flexibility index (Phi) is 4.95. The maximum Gasteiger partial charge on any atom is 0.0434 e. The summed E-state index contributed by atoms with van der Waals surface area (Å²) >= 11 is 3.90. The fraction of sp³-hybridized carbons (Fsp3) is 0.200. The molecule has 4 fully saturated rings. The number of rotatable bonds is 2. The molecule has 5 aliphatic rings. The Balaban J connectivity index is 1.08. The van der Waals surface area contributed by atoms with Gasteiger partial charge in [0.1, 0.15) is 0 Å². The van der Waals surface area contributed by atoms with E-state index in [-0.39, 0.29) is 5.41 Å². The highest BCUT2D eigenvalue weighted by Crippen LogP contribution is 2.73. The number of hydrogen-bond donors (Lipinski definition) is 0. The highest BCUT2D eigenvalue weighted by atomic mass is 32.1. The molecule has 8 aromatic rings. The summed E-state index contributed by atoms with van der Waals surface area (Å²) in [5.74, 6) is 3.49. The summed E-state index contributed by atoms with van der Waals surface area (Å²) in [4.78, 5) is 0. The zero-order valence-electron chi connectivity index (χ0n) is 26.0. The third kappa shape index (κ3) is 3.15.